The van der Waals surface area contributed by atoms with Crippen molar-refractivity contribution in [2.75, 3.05) is 16.8 Å². The third-order valence-electron chi connectivity index (χ3n) is 6.33. The molecule has 2 aromatic heterocycles. The highest BCUT2D eigenvalue weighted by atomic mass is 32.3. The second kappa shape index (κ2) is 10.1. The Balaban J connectivity index is 1.58. The first-order chi connectivity index (χ1) is 16.8. The van der Waals surface area contributed by atoms with E-state index >= 15 is 0 Å². The van der Waals surface area contributed by atoms with E-state index in [2.05, 4.69) is 10.3 Å². The number of thiophene rings is 1. The molecule has 3 heterocycles. The Bertz CT molecular complexity index is 1260. The van der Waals surface area contributed by atoms with Crippen LogP contribution in [0.25, 0.3) is 10.4 Å². The minimum Gasteiger partial charge on any atom is -0.387 e. The van der Waals surface area contributed by atoms with E-state index in [0.29, 0.717) is 39.8 Å². The number of carbonyl (C=O) groups is 1. The number of benzene rings is 1. The molecule has 0 saturated carbocycles. The quantitative estimate of drug-likeness (QED) is 0.243. The first kappa shape index (κ1) is 26.5. The molecule has 1 aromatic carbocycles. The number of nitrogens with two attached hydrogens (primary N) is 1. The number of hydrogen-bond acceptors (Lipinski definition) is 8. The van der Waals surface area contributed by atoms with Gasteiger partial charge >= 0.3 is 0 Å². The maximum Gasteiger partial charge on any atom is 0.251 e. The van der Waals surface area contributed by atoms with Gasteiger partial charge in [0.15, 0.2) is 0 Å². The summed E-state index contributed by atoms with van der Waals surface area (Å²) in [4.78, 5) is 17.1. The SMILES string of the molecule is CC(C)(O)c1ccc(-c2cc(C(N)=O)c(Nc3cccc(C(O)C4CCS(O)(O)CC4)n3)s2)c(F)c1. The van der Waals surface area contributed by atoms with Crippen molar-refractivity contribution in [2.24, 2.45) is 11.7 Å². The van der Waals surface area contributed by atoms with Gasteiger partial charge in [-0.05, 0) is 62.4 Å². The van der Waals surface area contributed by atoms with E-state index in [1.807, 2.05) is 0 Å². The fourth-order valence-electron chi connectivity index (χ4n) is 4.18. The van der Waals surface area contributed by atoms with Gasteiger partial charge in [0.1, 0.15) is 16.6 Å². The van der Waals surface area contributed by atoms with Crippen LogP contribution in [0.5, 0.6) is 0 Å². The minimum absolute atomic E-state index is 0.142. The highest BCUT2D eigenvalue weighted by Gasteiger charge is 2.30. The fourth-order valence-corrected chi connectivity index (χ4v) is 6.84. The van der Waals surface area contributed by atoms with Gasteiger partial charge in [0.05, 0.1) is 23.0 Å². The van der Waals surface area contributed by atoms with Crippen molar-refractivity contribution in [3.63, 3.8) is 0 Å². The van der Waals surface area contributed by atoms with E-state index in [9.17, 15) is 28.5 Å². The molecule has 1 amide bonds. The molecule has 8 nitrogen and oxygen atoms in total. The van der Waals surface area contributed by atoms with Gasteiger partial charge in [0.2, 0.25) is 0 Å². The van der Waals surface area contributed by atoms with Crippen LogP contribution in [0.1, 0.15) is 54.4 Å². The summed E-state index contributed by atoms with van der Waals surface area (Å²) in [7, 11) is -2.55. The van der Waals surface area contributed by atoms with Crippen molar-refractivity contribution in [1.29, 1.82) is 0 Å². The molecule has 36 heavy (non-hydrogen) atoms. The average molecular weight is 536 g/mol. The Morgan fingerprint density at radius 1 is 1.22 bits per heavy atom. The lowest BCUT2D eigenvalue weighted by Crippen LogP contribution is -2.25. The molecule has 1 atom stereocenters. The highest BCUT2D eigenvalue weighted by molar-refractivity contribution is 8.24. The number of anilines is 2. The summed E-state index contributed by atoms with van der Waals surface area (Å²) in [5, 5.41) is 24.4. The number of rotatable bonds is 7. The van der Waals surface area contributed by atoms with Crippen molar-refractivity contribution >= 4 is 38.7 Å². The predicted molar refractivity (Wildman–Crippen MR) is 141 cm³/mol. The van der Waals surface area contributed by atoms with Crippen LogP contribution in [-0.4, -0.2) is 41.7 Å². The zero-order chi connectivity index (χ0) is 26.3. The van der Waals surface area contributed by atoms with E-state index in [0.717, 1.165) is 11.3 Å². The first-order valence-corrected chi connectivity index (χ1v) is 14.2. The normalized spacial score (nSPS) is 18.0. The molecule has 1 aliphatic heterocycles. The number of aliphatic hydroxyl groups is 2. The average Bonchev–Trinajstić information content (AvgIpc) is 3.22. The molecule has 0 bridgehead atoms. The second-order valence-electron chi connectivity index (χ2n) is 9.54. The summed E-state index contributed by atoms with van der Waals surface area (Å²) in [5.74, 6) is -0.464. The van der Waals surface area contributed by atoms with Crippen LogP contribution < -0.4 is 11.1 Å². The lowest BCUT2D eigenvalue weighted by molar-refractivity contribution is 0.0782. The molecule has 0 radical (unpaired) electrons. The van der Waals surface area contributed by atoms with Crippen LogP contribution in [0, 0.1) is 11.7 Å². The van der Waals surface area contributed by atoms with Gasteiger partial charge in [0, 0.05) is 21.9 Å². The molecule has 194 valence electrons. The predicted octanol–water partition coefficient (Wildman–Crippen LogP) is 5.21. The molecule has 1 saturated heterocycles. The van der Waals surface area contributed by atoms with Gasteiger partial charge in [-0.2, -0.15) is 10.6 Å². The van der Waals surface area contributed by atoms with Crippen molar-refractivity contribution in [1.82, 2.24) is 4.98 Å². The summed E-state index contributed by atoms with van der Waals surface area (Å²) in [6.07, 6.45) is 0.0989. The van der Waals surface area contributed by atoms with Crippen molar-refractivity contribution < 1.29 is 28.5 Å². The number of carbonyl (C=O) groups excluding carboxylic acids is 1. The Hall–Kier alpha value is -2.54. The number of halogens is 1. The summed E-state index contributed by atoms with van der Waals surface area (Å²) in [5.41, 5.74) is 5.68. The van der Waals surface area contributed by atoms with Crippen LogP contribution in [-0.2, 0) is 5.60 Å². The zero-order valence-electron chi connectivity index (χ0n) is 19.9. The fraction of sp³-hybridized carbons (Fsp3) is 0.360. The van der Waals surface area contributed by atoms with Crippen LogP contribution in [0.15, 0.2) is 42.5 Å². The number of pyridine rings is 1. The van der Waals surface area contributed by atoms with Gasteiger partial charge in [-0.1, -0.05) is 18.2 Å². The number of amides is 1. The standard InChI is InChI=1S/C25H30FN3O5S2/c1-25(2,32)15-6-7-16(18(26)12-15)20-13-17(23(27)31)24(35-20)29-21-5-3-4-19(28-21)22(30)14-8-10-36(33,34)11-9-14/h3-7,12-14,22,30,32-34H,8-11H2,1-2H3,(H2,27,31)(H,28,29). The van der Waals surface area contributed by atoms with E-state index in [1.165, 1.54) is 12.1 Å². The number of nitrogens with zero attached hydrogens (tertiary/aromatic N) is 1. The summed E-state index contributed by atoms with van der Waals surface area (Å²) < 4.78 is 34.6. The van der Waals surface area contributed by atoms with Crippen molar-refractivity contribution in [2.45, 2.75) is 38.4 Å². The third kappa shape index (κ3) is 5.88. The number of aliphatic hydroxyl groups excluding tert-OH is 1. The topological polar surface area (TPSA) is 149 Å². The van der Waals surface area contributed by atoms with Gasteiger partial charge in [-0.3, -0.25) is 13.9 Å². The molecule has 1 aliphatic rings. The summed E-state index contributed by atoms with van der Waals surface area (Å²) >= 11 is 1.14. The summed E-state index contributed by atoms with van der Waals surface area (Å²) in [6, 6.07) is 11.0. The number of primary amides is 1. The molecule has 0 aliphatic carbocycles. The van der Waals surface area contributed by atoms with Gasteiger partial charge in [-0.25, -0.2) is 9.37 Å². The first-order valence-electron chi connectivity index (χ1n) is 11.5. The molecular weight excluding hydrogens is 505 g/mol. The molecule has 1 unspecified atom stereocenters. The Morgan fingerprint density at radius 3 is 2.53 bits per heavy atom. The van der Waals surface area contributed by atoms with Crippen LogP contribution >= 0.6 is 21.9 Å². The number of aromatic nitrogens is 1. The van der Waals surface area contributed by atoms with Crippen LogP contribution in [0.2, 0.25) is 0 Å². The van der Waals surface area contributed by atoms with Crippen molar-refractivity contribution in [3.8, 4) is 10.4 Å². The van der Waals surface area contributed by atoms with Crippen LogP contribution in [0.3, 0.4) is 0 Å². The second-order valence-corrected chi connectivity index (χ2v) is 13.0. The van der Waals surface area contributed by atoms with E-state index in [4.69, 9.17) is 5.73 Å². The maximum absolute atomic E-state index is 14.9. The van der Waals surface area contributed by atoms with Gasteiger partial charge in [-0.15, -0.1) is 11.3 Å². The zero-order valence-corrected chi connectivity index (χ0v) is 21.6. The van der Waals surface area contributed by atoms with Gasteiger partial charge < -0.3 is 21.3 Å². The lowest BCUT2D eigenvalue weighted by Gasteiger charge is -2.40. The smallest absolute Gasteiger partial charge is 0.251 e. The molecular formula is C25H30FN3O5S2. The molecule has 1 fully saturated rings. The largest absolute Gasteiger partial charge is 0.387 e. The lowest BCUT2D eigenvalue weighted by atomic mass is 9.93. The molecule has 3 aromatic rings. The molecule has 7 N–H and O–H groups in total. The van der Waals surface area contributed by atoms with E-state index < -0.39 is 34.0 Å². The van der Waals surface area contributed by atoms with E-state index in [1.54, 1.807) is 44.2 Å². The number of nitrogens with one attached hydrogen (secondary N) is 1. The third-order valence-corrected chi connectivity index (χ3v) is 9.19. The Labute approximate surface area is 214 Å². The monoisotopic (exact) mass is 535 g/mol. The summed E-state index contributed by atoms with van der Waals surface area (Å²) in [6.45, 7) is 3.14. The van der Waals surface area contributed by atoms with Gasteiger partial charge in [0.25, 0.3) is 5.91 Å². The maximum atomic E-state index is 14.9. The van der Waals surface area contributed by atoms with E-state index in [-0.39, 0.29) is 28.6 Å². The Kier molecular flexibility index (Phi) is 7.42. The molecule has 11 heteroatoms. The minimum atomic E-state index is -2.55. The van der Waals surface area contributed by atoms with Crippen molar-refractivity contribution in [3.05, 3.63) is 65.1 Å². The molecule has 0 spiro atoms. The highest BCUT2D eigenvalue weighted by Crippen LogP contribution is 2.48. The van der Waals surface area contributed by atoms with Crippen LogP contribution in [0.4, 0.5) is 15.2 Å². The Morgan fingerprint density at radius 2 is 1.92 bits per heavy atom. The molecule has 4 rings (SSSR count). The number of hydrogen-bond donors (Lipinski definition) is 6.